The van der Waals surface area contributed by atoms with E-state index in [1.54, 1.807) is 16.4 Å². The van der Waals surface area contributed by atoms with Crippen LogP contribution in [0.5, 0.6) is 0 Å². The summed E-state index contributed by atoms with van der Waals surface area (Å²) in [4.78, 5) is 18.0. The number of anilines is 2. The molecule has 1 aliphatic heterocycles. The highest BCUT2D eigenvalue weighted by Gasteiger charge is 2.36. The van der Waals surface area contributed by atoms with Crippen LogP contribution in [0.25, 0.3) is 0 Å². The Kier molecular flexibility index (Phi) is 6.52. The van der Waals surface area contributed by atoms with E-state index >= 15 is 0 Å². The summed E-state index contributed by atoms with van der Waals surface area (Å²) in [5, 5.41) is 11.6. The first-order valence-electron chi connectivity index (χ1n) is 10.2. The Labute approximate surface area is 193 Å². The second-order valence-corrected chi connectivity index (χ2v) is 9.24. The van der Waals surface area contributed by atoms with Crippen molar-refractivity contribution in [1.82, 2.24) is 14.8 Å². The molecule has 0 radical (unpaired) electrons. The van der Waals surface area contributed by atoms with E-state index in [1.165, 1.54) is 0 Å². The molecule has 0 bridgehead atoms. The molecule has 162 valence electrons. The number of furan rings is 1. The molecule has 3 heterocycles. The Balaban J connectivity index is 1.70. The number of fused-ring (bicyclic) bond motifs is 1. The number of rotatable bonds is 7. The number of benzene rings is 1. The highest BCUT2D eigenvalue weighted by atomic mass is 79.9. The van der Waals surface area contributed by atoms with Crippen LogP contribution >= 0.6 is 27.7 Å². The fourth-order valence-electron chi connectivity index (χ4n) is 3.45. The Bertz CT molecular complexity index is 1140. The molecule has 1 unspecified atom stereocenters. The van der Waals surface area contributed by atoms with Crippen molar-refractivity contribution in [3.05, 3.63) is 63.7 Å². The van der Waals surface area contributed by atoms with Crippen molar-refractivity contribution in [2.45, 2.75) is 44.8 Å². The van der Waals surface area contributed by atoms with Crippen LogP contribution < -0.4 is 10.6 Å². The monoisotopic (exact) mass is 501 g/mol. The van der Waals surface area contributed by atoms with Crippen LogP contribution in [0.2, 0.25) is 0 Å². The molecule has 0 spiro atoms. The molecule has 1 aromatic carbocycles. The Morgan fingerprint density at radius 1 is 1.32 bits per heavy atom. The topological polar surface area (TPSA) is 85.0 Å². The van der Waals surface area contributed by atoms with Crippen LogP contribution in [-0.4, -0.2) is 26.4 Å². The highest BCUT2D eigenvalue weighted by molar-refractivity contribution is 9.10. The lowest BCUT2D eigenvalue weighted by atomic mass is 10.00. The van der Waals surface area contributed by atoms with Crippen LogP contribution in [0.1, 0.15) is 44.1 Å². The van der Waals surface area contributed by atoms with E-state index in [1.807, 2.05) is 50.2 Å². The molecule has 7 nitrogen and oxygen atoms in total. The third-order valence-electron chi connectivity index (χ3n) is 4.95. The van der Waals surface area contributed by atoms with Gasteiger partial charge in [0, 0.05) is 17.1 Å². The number of allylic oxidation sites excluding steroid dienone is 1. The average molecular weight is 502 g/mol. The van der Waals surface area contributed by atoms with Crippen molar-refractivity contribution in [2.24, 2.45) is 0 Å². The fourth-order valence-corrected chi connectivity index (χ4v) is 4.69. The number of aromatic nitrogens is 3. The summed E-state index contributed by atoms with van der Waals surface area (Å²) in [5.41, 5.74) is 3.06. The summed E-state index contributed by atoms with van der Waals surface area (Å²) in [7, 11) is 0. The lowest BCUT2D eigenvalue weighted by Crippen LogP contribution is -2.31. The number of carbonyl (C=O) groups excluding carboxylic acids is 1. The molecule has 2 N–H and O–H groups in total. The van der Waals surface area contributed by atoms with Gasteiger partial charge in [-0.15, -0.1) is 5.10 Å². The van der Waals surface area contributed by atoms with E-state index in [-0.39, 0.29) is 5.91 Å². The summed E-state index contributed by atoms with van der Waals surface area (Å²) in [6.07, 6.45) is 2.21. The van der Waals surface area contributed by atoms with E-state index < -0.39 is 6.04 Å². The van der Waals surface area contributed by atoms with Crippen LogP contribution in [0.3, 0.4) is 0 Å². The van der Waals surface area contributed by atoms with Crippen LogP contribution in [0.4, 0.5) is 11.6 Å². The summed E-state index contributed by atoms with van der Waals surface area (Å²) in [6, 6.07) is 10.9. The third-order valence-corrected chi connectivity index (χ3v) is 6.30. The van der Waals surface area contributed by atoms with E-state index in [0.717, 1.165) is 29.8 Å². The highest BCUT2D eigenvalue weighted by Crippen LogP contribution is 2.38. The standard InChI is InChI=1S/C22H24BrN5O2S/c1-4-5-11-31-22-26-21-24-14(3)18(20(29)25-15-8-6-7-13(2)12-15)19(28(21)27-22)16-9-10-17(23)30-16/h6-10,12,19H,4-5,11H2,1-3H3,(H,25,29)(H,24,26,27). The lowest BCUT2D eigenvalue weighted by Gasteiger charge is -2.27. The van der Waals surface area contributed by atoms with Gasteiger partial charge in [0.2, 0.25) is 11.1 Å². The van der Waals surface area contributed by atoms with Gasteiger partial charge in [-0.1, -0.05) is 37.2 Å². The van der Waals surface area contributed by atoms with Gasteiger partial charge < -0.3 is 15.1 Å². The number of nitrogens with zero attached hydrogens (tertiary/aromatic N) is 3. The van der Waals surface area contributed by atoms with Gasteiger partial charge in [0.25, 0.3) is 5.91 Å². The maximum atomic E-state index is 13.4. The van der Waals surface area contributed by atoms with Gasteiger partial charge in [0.1, 0.15) is 11.8 Å². The van der Waals surface area contributed by atoms with Gasteiger partial charge >= 0.3 is 0 Å². The minimum Gasteiger partial charge on any atom is -0.452 e. The maximum Gasteiger partial charge on any atom is 0.256 e. The molecule has 0 saturated heterocycles. The average Bonchev–Trinajstić information content (AvgIpc) is 3.32. The Morgan fingerprint density at radius 2 is 2.16 bits per heavy atom. The molecule has 9 heteroatoms. The molecular formula is C22H24BrN5O2S. The smallest absolute Gasteiger partial charge is 0.256 e. The van der Waals surface area contributed by atoms with Gasteiger partial charge in [-0.2, -0.15) is 4.98 Å². The molecule has 1 atom stereocenters. The van der Waals surface area contributed by atoms with Crippen LogP contribution in [0.15, 0.2) is 61.9 Å². The largest absolute Gasteiger partial charge is 0.452 e. The molecule has 4 rings (SSSR count). The quantitative estimate of drug-likeness (QED) is 0.316. The van der Waals surface area contributed by atoms with E-state index in [9.17, 15) is 4.79 Å². The second kappa shape index (κ2) is 9.32. The van der Waals surface area contributed by atoms with Crippen molar-refractivity contribution in [1.29, 1.82) is 0 Å². The predicted octanol–water partition coefficient (Wildman–Crippen LogP) is 5.76. The van der Waals surface area contributed by atoms with Crippen molar-refractivity contribution in [2.75, 3.05) is 16.4 Å². The molecule has 0 fully saturated rings. The van der Waals surface area contributed by atoms with Crippen molar-refractivity contribution < 1.29 is 9.21 Å². The number of carbonyl (C=O) groups is 1. The normalized spacial score (nSPS) is 15.5. The van der Waals surface area contributed by atoms with Crippen LogP contribution in [0, 0.1) is 6.92 Å². The van der Waals surface area contributed by atoms with Gasteiger partial charge in [-0.25, -0.2) is 4.68 Å². The minimum absolute atomic E-state index is 0.213. The number of hydrogen-bond acceptors (Lipinski definition) is 6. The molecule has 3 aromatic rings. The molecular weight excluding hydrogens is 478 g/mol. The minimum atomic E-state index is -0.527. The number of amides is 1. The second-order valence-electron chi connectivity index (χ2n) is 7.40. The number of thioether (sulfide) groups is 1. The molecule has 31 heavy (non-hydrogen) atoms. The zero-order valence-corrected chi connectivity index (χ0v) is 20.0. The van der Waals surface area contributed by atoms with Crippen LogP contribution in [-0.2, 0) is 4.79 Å². The Morgan fingerprint density at radius 3 is 2.87 bits per heavy atom. The number of aryl methyl sites for hydroxylation is 1. The van der Waals surface area contributed by atoms with E-state index in [0.29, 0.717) is 32.8 Å². The van der Waals surface area contributed by atoms with E-state index in [2.05, 4.69) is 38.5 Å². The number of hydrogen-bond donors (Lipinski definition) is 2. The summed E-state index contributed by atoms with van der Waals surface area (Å²) < 4.78 is 8.19. The first-order chi connectivity index (χ1) is 15.0. The number of unbranched alkanes of at least 4 members (excludes halogenated alkanes) is 1. The fraction of sp³-hybridized carbons (Fsp3) is 0.318. The zero-order chi connectivity index (χ0) is 22.0. The summed E-state index contributed by atoms with van der Waals surface area (Å²) in [6.45, 7) is 6.02. The van der Waals surface area contributed by atoms with Crippen molar-refractivity contribution >= 4 is 45.2 Å². The van der Waals surface area contributed by atoms with Gasteiger partial charge in [-0.05, 0) is 66.0 Å². The summed E-state index contributed by atoms with van der Waals surface area (Å²) in [5.74, 6) is 1.94. The van der Waals surface area contributed by atoms with Crippen molar-refractivity contribution in [3.8, 4) is 0 Å². The summed E-state index contributed by atoms with van der Waals surface area (Å²) >= 11 is 4.99. The van der Waals surface area contributed by atoms with Gasteiger partial charge in [-0.3, -0.25) is 4.79 Å². The SMILES string of the molecule is CCCCSc1nc2n(n1)C(c1ccc(Br)o1)C(C(=O)Nc1cccc(C)c1)=C(C)N2. The van der Waals surface area contributed by atoms with E-state index in [4.69, 9.17) is 9.52 Å². The first-order valence-corrected chi connectivity index (χ1v) is 11.9. The third kappa shape index (κ3) is 4.72. The molecule has 1 aliphatic rings. The number of halogens is 1. The predicted molar refractivity (Wildman–Crippen MR) is 126 cm³/mol. The lowest BCUT2D eigenvalue weighted by molar-refractivity contribution is -0.113. The molecule has 0 saturated carbocycles. The maximum absolute atomic E-state index is 13.4. The first kappa shape index (κ1) is 21.7. The van der Waals surface area contributed by atoms with Gasteiger partial charge in [0.15, 0.2) is 4.67 Å². The molecule has 1 amide bonds. The number of nitrogens with one attached hydrogen (secondary N) is 2. The molecule has 2 aromatic heterocycles. The Hall–Kier alpha value is -2.52. The van der Waals surface area contributed by atoms with Gasteiger partial charge in [0.05, 0.1) is 5.57 Å². The zero-order valence-electron chi connectivity index (χ0n) is 17.6. The molecule has 0 aliphatic carbocycles. The van der Waals surface area contributed by atoms with Crippen molar-refractivity contribution in [3.63, 3.8) is 0 Å².